The molecule has 5 aromatic rings. The fourth-order valence-electron chi connectivity index (χ4n) is 4.50. The number of aromatic amines is 1. The van der Waals surface area contributed by atoms with Crippen molar-refractivity contribution >= 4 is 39.0 Å². The van der Waals surface area contributed by atoms with Crippen LogP contribution in [0.25, 0.3) is 44.6 Å². The van der Waals surface area contributed by atoms with Gasteiger partial charge in [-0.3, -0.25) is 0 Å². The minimum atomic E-state index is 0.665. The van der Waals surface area contributed by atoms with E-state index in [1.807, 2.05) is 48.5 Å². The van der Waals surface area contributed by atoms with Crippen molar-refractivity contribution in [2.75, 3.05) is 25.4 Å². The molecule has 150 valence electrons. The molecule has 0 aliphatic carbocycles. The molecule has 0 spiro atoms. The van der Waals surface area contributed by atoms with Gasteiger partial charge in [-0.05, 0) is 50.2 Å². The lowest BCUT2D eigenvalue weighted by atomic mass is 10.2. The SMILES string of the molecule is Nc1c(-c2nc3ccccc3[nH]2)c2nc3ccccc3nc2n1CCN1CCCC1. The van der Waals surface area contributed by atoms with Crippen molar-refractivity contribution in [3.8, 4) is 11.4 Å². The number of para-hydroxylation sites is 4. The lowest BCUT2D eigenvalue weighted by molar-refractivity contribution is 0.325. The van der Waals surface area contributed by atoms with Gasteiger partial charge in [-0.15, -0.1) is 0 Å². The highest BCUT2D eigenvalue weighted by atomic mass is 15.2. The molecule has 0 bridgehead atoms. The smallest absolute Gasteiger partial charge is 0.161 e. The second-order valence-electron chi connectivity index (χ2n) is 7.95. The van der Waals surface area contributed by atoms with Gasteiger partial charge in [0.25, 0.3) is 0 Å². The summed E-state index contributed by atoms with van der Waals surface area (Å²) in [6, 6.07) is 16.0. The van der Waals surface area contributed by atoms with Gasteiger partial charge in [0.1, 0.15) is 17.2 Å². The van der Waals surface area contributed by atoms with Crippen LogP contribution >= 0.6 is 0 Å². The maximum Gasteiger partial charge on any atom is 0.161 e. The lowest BCUT2D eigenvalue weighted by Crippen LogP contribution is -2.24. The second-order valence-corrected chi connectivity index (χ2v) is 7.95. The van der Waals surface area contributed by atoms with Crippen LogP contribution in [-0.2, 0) is 6.54 Å². The number of imidazole rings is 1. The third-order valence-corrected chi connectivity index (χ3v) is 6.06. The number of anilines is 1. The monoisotopic (exact) mass is 397 g/mol. The number of nitrogen functional groups attached to an aromatic ring is 1. The number of rotatable bonds is 4. The van der Waals surface area contributed by atoms with Crippen molar-refractivity contribution < 1.29 is 0 Å². The zero-order chi connectivity index (χ0) is 20.1. The second kappa shape index (κ2) is 6.81. The Bertz CT molecular complexity index is 1340. The average molecular weight is 397 g/mol. The maximum atomic E-state index is 6.72. The van der Waals surface area contributed by atoms with E-state index in [9.17, 15) is 0 Å². The standard InChI is InChI=1S/C23H23N7/c24-21-19(22-26-16-8-2-3-9-17(16)27-22)20-23(28-18-10-4-1-7-15(18)25-20)30(21)14-13-29-11-5-6-12-29/h1-4,7-10H,5-6,11-14,24H2,(H,26,27). The van der Waals surface area contributed by atoms with Crippen molar-refractivity contribution in [2.24, 2.45) is 0 Å². The topological polar surface area (TPSA) is 88.6 Å². The molecule has 3 N–H and O–H groups in total. The first-order chi connectivity index (χ1) is 14.8. The molecule has 0 atom stereocenters. The molecule has 7 heteroatoms. The normalized spacial score (nSPS) is 15.1. The Morgan fingerprint density at radius 2 is 1.53 bits per heavy atom. The van der Waals surface area contributed by atoms with Gasteiger partial charge in [-0.2, -0.15) is 0 Å². The Balaban J connectivity index is 1.56. The Morgan fingerprint density at radius 1 is 0.833 bits per heavy atom. The van der Waals surface area contributed by atoms with E-state index in [1.165, 1.54) is 12.8 Å². The van der Waals surface area contributed by atoms with E-state index < -0.39 is 0 Å². The first-order valence-corrected chi connectivity index (χ1v) is 10.5. The minimum absolute atomic E-state index is 0.665. The van der Waals surface area contributed by atoms with Crippen LogP contribution < -0.4 is 5.73 Å². The van der Waals surface area contributed by atoms with Crippen LogP contribution in [0, 0.1) is 0 Å². The van der Waals surface area contributed by atoms with Gasteiger partial charge in [0, 0.05) is 13.1 Å². The molecule has 1 aliphatic rings. The number of benzene rings is 2. The fraction of sp³-hybridized carbons (Fsp3) is 0.261. The number of likely N-dealkylation sites (tertiary alicyclic amines) is 1. The van der Waals surface area contributed by atoms with Gasteiger partial charge in [-0.1, -0.05) is 24.3 Å². The van der Waals surface area contributed by atoms with Crippen molar-refractivity contribution in [3.63, 3.8) is 0 Å². The van der Waals surface area contributed by atoms with Crippen LogP contribution in [0.2, 0.25) is 0 Å². The Hall–Kier alpha value is -3.45. The predicted molar refractivity (Wildman–Crippen MR) is 120 cm³/mol. The van der Waals surface area contributed by atoms with Crippen molar-refractivity contribution in [1.82, 2.24) is 29.4 Å². The van der Waals surface area contributed by atoms with Crippen LogP contribution in [-0.4, -0.2) is 49.0 Å². The van der Waals surface area contributed by atoms with E-state index in [4.69, 9.17) is 20.7 Å². The van der Waals surface area contributed by atoms with E-state index in [0.717, 1.165) is 70.8 Å². The van der Waals surface area contributed by atoms with Gasteiger partial charge in [0.2, 0.25) is 0 Å². The van der Waals surface area contributed by atoms with Gasteiger partial charge in [0.15, 0.2) is 5.65 Å². The first-order valence-electron chi connectivity index (χ1n) is 10.5. The molecular weight excluding hydrogens is 374 g/mol. The molecule has 0 amide bonds. The van der Waals surface area contributed by atoms with E-state index in [1.54, 1.807) is 0 Å². The van der Waals surface area contributed by atoms with Gasteiger partial charge in [0.05, 0.1) is 27.6 Å². The van der Waals surface area contributed by atoms with Crippen molar-refractivity contribution in [2.45, 2.75) is 19.4 Å². The zero-order valence-electron chi connectivity index (χ0n) is 16.7. The maximum absolute atomic E-state index is 6.72. The number of fused-ring (bicyclic) bond motifs is 3. The third kappa shape index (κ3) is 2.74. The minimum Gasteiger partial charge on any atom is -0.384 e. The molecule has 0 radical (unpaired) electrons. The molecule has 7 nitrogen and oxygen atoms in total. The number of nitrogens with one attached hydrogen (secondary N) is 1. The number of hydrogen-bond donors (Lipinski definition) is 2. The highest BCUT2D eigenvalue weighted by molar-refractivity contribution is 6.01. The zero-order valence-corrected chi connectivity index (χ0v) is 16.7. The van der Waals surface area contributed by atoms with Crippen molar-refractivity contribution in [3.05, 3.63) is 48.5 Å². The molecule has 1 aliphatic heterocycles. The molecule has 2 aromatic carbocycles. The van der Waals surface area contributed by atoms with E-state index in [2.05, 4.69) is 14.5 Å². The van der Waals surface area contributed by atoms with Crippen molar-refractivity contribution in [1.29, 1.82) is 0 Å². The molecule has 30 heavy (non-hydrogen) atoms. The van der Waals surface area contributed by atoms with Crippen LogP contribution in [0.15, 0.2) is 48.5 Å². The molecular formula is C23H23N7. The predicted octanol–water partition coefficient (Wildman–Crippen LogP) is 3.81. The number of nitrogens with zero attached hydrogens (tertiary/aromatic N) is 5. The van der Waals surface area contributed by atoms with Crippen LogP contribution in [0.5, 0.6) is 0 Å². The first kappa shape index (κ1) is 17.4. The summed E-state index contributed by atoms with van der Waals surface area (Å²) < 4.78 is 2.11. The summed E-state index contributed by atoms with van der Waals surface area (Å²) in [7, 11) is 0. The van der Waals surface area contributed by atoms with Gasteiger partial charge >= 0.3 is 0 Å². The fourth-order valence-corrected chi connectivity index (χ4v) is 4.50. The van der Waals surface area contributed by atoms with Gasteiger partial charge in [-0.25, -0.2) is 15.0 Å². The number of aromatic nitrogens is 5. The summed E-state index contributed by atoms with van der Waals surface area (Å²) in [6.07, 6.45) is 2.55. The quantitative estimate of drug-likeness (QED) is 0.481. The molecule has 1 fully saturated rings. The van der Waals surface area contributed by atoms with Crippen LogP contribution in [0.1, 0.15) is 12.8 Å². The average Bonchev–Trinajstić information content (AvgIpc) is 3.48. The molecule has 6 rings (SSSR count). The number of H-pyrrole nitrogens is 1. The van der Waals surface area contributed by atoms with Crippen LogP contribution in [0.3, 0.4) is 0 Å². The lowest BCUT2D eigenvalue weighted by Gasteiger charge is -2.16. The summed E-state index contributed by atoms with van der Waals surface area (Å²) in [6.45, 7) is 4.06. The molecule has 3 aromatic heterocycles. The molecule has 1 saturated heterocycles. The van der Waals surface area contributed by atoms with E-state index >= 15 is 0 Å². The summed E-state index contributed by atoms with van der Waals surface area (Å²) >= 11 is 0. The summed E-state index contributed by atoms with van der Waals surface area (Å²) in [5.41, 5.74) is 12.8. The largest absolute Gasteiger partial charge is 0.384 e. The number of hydrogen-bond acceptors (Lipinski definition) is 5. The Labute approximate surface area is 173 Å². The highest BCUT2D eigenvalue weighted by Crippen LogP contribution is 2.35. The molecule has 0 unspecified atom stereocenters. The Kier molecular flexibility index (Phi) is 3.95. The van der Waals surface area contributed by atoms with E-state index in [0.29, 0.717) is 5.82 Å². The summed E-state index contributed by atoms with van der Waals surface area (Å²) in [4.78, 5) is 20.6. The van der Waals surface area contributed by atoms with Gasteiger partial charge < -0.3 is 20.2 Å². The molecule has 0 saturated carbocycles. The number of nitrogens with two attached hydrogens (primary N) is 1. The summed E-state index contributed by atoms with van der Waals surface area (Å²) in [5.74, 6) is 1.40. The highest BCUT2D eigenvalue weighted by Gasteiger charge is 2.23. The van der Waals surface area contributed by atoms with E-state index in [-0.39, 0.29) is 0 Å². The van der Waals surface area contributed by atoms with Crippen LogP contribution in [0.4, 0.5) is 5.82 Å². The third-order valence-electron chi connectivity index (χ3n) is 6.06. The summed E-state index contributed by atoms with van der Waals surface area (Å²) in [5, 5.41) is 0. The molecule has 4 heterocycles. The Morgan fingerprint density at radius 3 is 2.30 bits per heavy atom.